The summed E-state index contributed by atoms with van der Waals surface area (Å²) < 4.78 is 0. The molecule has 1 heterocycles. The minimum absolute atomic E-state index is 0. The minimum Gasteiger partial charge on any atom is -0.369 e. The van der Waals surface area contributed by atoms with Gasteiger partial charge in [0.25, 0.3) is 0 Å². The summed E-state index contributed by atoms with van der Waals surface area (Å²) >= 11 is 7.73. The smallest absolute Gasteiger partial charge is 0.237 e. The molecule has 1 aliphatic rings. The topological polar surface area (TPSA) is 58.4 Å². The minimum atomic E-state index is -0.405. The third-order valence-electron chi connectivity index (χ3n) is 3.68. The molecule has 0 saturated carbocycles. The summed E-state index contributed by atoms with van der Waals surface area (Å²) in [5.41, 5.74) is 6.99. The van der Waals surface area contributed by atoms with Gasteiger partial charge in [0.05, 0.1) is 6.04 Å². The van der Waals surface area contributed by atoms with Crippen LogP contribution in [0.4, 0.5) is 5.69 Å². The molecule has 4 nitrogen and oxygen atoms in total. The number of benzene rings is 1. The summed E-state index contributed by atoms with van der Waals surface area (Å²) in [4.78, 5) is 14.3. The number of nitrogens with one attached hydrogen (secondary N) is 1. The van der Waals surface area contributed by atoms with E-state index >= 15 is 0 Å². The number of carbonyl (C=O) groups is 1. The lowest BCUT2D eigenvalue weighted by molar-refractivity contribution is -0.122. The SMILES string of the molecule is CSCC[C@H](N)C(=O)NC1CCN(c2cccc(Cl)c2)C1.Cl. The van der Waals surface area contributed by atoms with E-state index < -0.39 is 6.04 Å². The summed E-state index contributed by atoms with van der Waals surface area (Å²) in [5, 5.41) is 3.79. The Labute approximate surface area is 147 Å². The quantitative estimate of drug-likeness (QED) is 0.815. The Balaban J connectivity index is 0.00000242. The lowest BCUT2D eigenvalue weighted by Crippen LogP contribution is -2.46. The lowest BCUT2D eigenvalue weighted by atomic mass is 10.2. The van der Waals surface area contributed by atoms with Gasteiger partial charge >= 0.3 is 0 Å². The van der Waals surface area contributed by atoms with Crippen LogP contribution < -0.4 is 16.0 Å². The average molecular weight is 364 g/mol. The molecule has 0 bridgehead atoms. The number of anilines is 1. The Bertz CT molecular complexity index is 490. The van der Waals surface area contributed by atoms with E-state index in [-0.39, 0.29) is 24.4 Å². The van der Waals surface area contributed by atoms with Crippen molar-refractivity contribution in [1.82, 2.24) is 5.32 Å². The molecule has 1 unspecified atom stereocenters. The summed E-state index contributed by atoms with van der Waals surface area (Å²) in [5.74, 6) is 0.871. The third-order valence-corrected chi connectivity index (χ3v) is 4.56. The van der Waals surface area contributed by atoms with Gasteiger partial charge in [-0.1, -0.05) is 17.7 Å². The van der Waals surface area contributed by atoms with Crippen LogP contribution in [0, 0.1) is 0 Å². The molecule has 1 saturated heterocycles. The van der Waals surface area contributed by atoms with Crippen LogP contribution in [0.5, 0.6) is 0 Å². The lowest BCUT2D eigenvalue weighted by Gasteiger charge is -2.20. The van der Waals surface area contributed by atoms with Gasteiger partial charge in [0, 0.05) is 29.8 Å². The van der Waals surface area contributed by atoms with Gasteiger partial charge in [-0.2, -0.15) is 11.8 Å². The Kier molecular flexibility index (Phi) is 8.39. The van der Waals surface area contributed by atoms with Crippen molar-refractivity contribution >= 4 is 47.4 Å². The first-order valence-corrected chi connectivity index (χ1v) is 8.92. The number of halogens is 2. The number of amides is 1. The van der Waals surface area contributed by atoms with E-state index in [1.165, 1.54) is 0 Å². The highest BCUT2D eigenvalue weighted by Crippen LogP contribution is 2.23. The standard InChI is InChI=1S/C15H22ClN3OS.ClH/c1-21-8-6-14(17)15(20)18-12-5-7-19(10-12)13-4-2-3-11(16)9-13;/h2-4,9,12,14H,5-8,10,17H2,1H3,(H,18,20);1H/t12?,14-;/m0./s1. The second kappa shape index (κ2) is 9.50. The summed E-state index contributed by atoms with van der Waals surface area (Å²) in [7, 11) is 0. The Morgan fingerprint density at radius 2 is 2.36 bits per heavy atom. The molecule has 1 fully saturated rings. The van der Waals surface area contributed by atoms with Crippen molar-refractivity contribution in [1.29, 1.82) is 0 Å². The van der Waals surface area contributed by atoms with E-state index in [9.17, 15) is 4.79 Å². The van der Waals surface area contributed by atoms with Crippen LogP contribution in [0.25, 0.3) is 0 Å². The van der Waals surface area contributed by atoms with Crippen molar-refractivity contribution in [2.24, 2.45) is 5.73 Å². The fourth-order valence-corrected chi connectivity index (χ4v) is 3.14. The zero-order chi connectivity index (χ0) is 15.2. The van der Waals surface area contributed by atoms with Gasteiger partial charge in [0.15, 0.2) is 0 Å². The third kappa shape index (κ3) is 5.54. The first-order valence-electron chi connectivity index (χ1n) is 7.15. The second-order valence-electron chi connectivity index (χ2n) is 5.31. The van der Waals surface area contributed by atoms with Gasteiger partial charge in [-0.25, -0.2) is 0 Å². The normalized spacial score (nSPS) is 18.7. The molecule has 22 heavy (non-hydrogen) atoms. The first-order chi connectivity index (χ1) is 10.1. The molecule has 0 radical (unpaired) electrons. The first kappa shape index (κ1) is 19.4. The summed E-state index contributed by atoms with van der Waals surface area (Å²) in [6, 6.07) is 7.57. The van der Waals surface area contributed by atoms with Gasteiger partial charge in [-0.3, -0.25) is 4.79 Å². The van der Waals surface area contributed by atoms with Crippen LogP contribution in [0.15, 0.2) is 24.3 Å². The number of hydrogen-bond donors (Lipinski definition) is 2. The maximum absolute atomic E-state index is 12.0. The molecule has 1 amide bonds. The second-order valence-corrected chi connectivity index (χ2v) is 6.73. The molecule has 0 spiro atoms. The molecule has 2 rings (SSSR count). The molecular weight excluding hydrogens is 341 g/mol. The van der Waals surface area contributed by atoms with E-state index in [1.54, 1.807) is 11.8 Å². The summed E-state index contributed by atoms with van der Waals surface area (Å²) in [6.07, 6.45) is 3.68. The summed E-state index contributed by atoms with van der Waals surface area (Å²) in [6.45, 7) is 1.73. The molecule has 3 N–H and O–H groups in total. The fourth-order valence-electron chi connectivity index (χ4n) is 2.47. The Hall–Kier alpha value is -0.620. The number of thioether (sulfide) groups is 1. The van der Waals surface area contributed by atoms with E-state index in [0.29, 0.717) is 0 Å². The van der Waals surface area contributed by atoms with E-state index in [4.69, 9.17) is 17.3 Å². The van der Waals surface area contributed by atoms with Crippen LogP contribution in [0.3, 0.4) is 0 Å². The van der Waals surface area contributed by atoms with Crippen LogP contribution in [0.2, 0.25) is 5.02 Å². The number of rotatable bonds is 6. The fraction of sp³-hybridized carbons (Fsp3) is 0.533. The molecular formula is C15H23Cl2N3OS. The average Bonchev–Trinajstić information content (AvgIpc) is 2.93. The molecule has 2 atom stereocenters. The molecule has 0 aromatic heterocycles. The molecule has 1 aromatic rings. The molecule has 1 aromatic carbocycles. The zero-order valence-electron chi connectivity index (χ0n) is 12.6. The van der Waals surface area contributed by atoms with Gasteiger partial charge in [0.1, 0.15) is 0 Å². The highest BCUT2D eigenvalue weighted by Gasteiger charge is 2.25. The molecule has 124 valence electrons. The van der Waals surface area contributed by atoms with Crippen molar-refractivity contribution in [2.75, 3.05) is 30.0 Å². The van der Waals surface area contributed by atoms with Crippen molar-refractivity contribution in [2.45, 2.75) is 24.9 Å². The van der Waals surface area contributed by atoms with Crippen molar-refractivity contribution in [3.63, 3.8) is 0 Å². The van der Waals surface area contributed by atoms with Gasteiger partial charge in [-0.05, 0) is 43.0 Å². The largest absolute Gasteiger partial charge is 0.369 e. The molecule has 1 aliphatic heterocycles. The van der Waals surface area contributed by atoms with E-state index in [2.05, 4.69) is 10.2 Å². The van der Waals surface area contributed by atoms with Gasteiger partial charge in [0.2, 0.25) is 5.91 Å². The maximum Gasteiger partial charge on any atom is 0.237 e. The van der Waals surface area contributed by atoms with Crippen molar-refractivity contribution in [3.8, 4) is 0 Å². The predicted octanol–water partition coefficient (Wildman–Crippen LogP) is 2.54. The van der Waals surface area contributed by atoms with Gasteiger partial charge < -0.3 is 16.0 Å². The Morgan fingerprint density at radius 3 is 3.05 bits per heavy atom. The highest BCUT2D eigenvalue weighted by molar-refractivity contribution is 7.98. The number of carbonyl (C=O) groups excluding carboxylic acids is 1. The van der Waals surface area contributed by atoms with E-state index in [1.807, 2.05) is 30.5 Å². The maximum atomic E-state index is 12.0. The zero-order valence-corrected chi connectivity index (χ0v) is 15.0. The van der Waals surface area contributed by atoms with Crippen LogP contribution >= 0.6 is 35.8 Å². The van der Waals surface area contributed by atoms with E-state index in [0.717, 1.165) is 42.4 Å². The van der Waals surface area contributed by atoms with Gasteiger partial charge in [-0.15, -0.1) is 12.4 Å². The predicted molar refractivity (Wildman–Crippen MR) is 98.4 cm³/mol. The number of nitrogens with zero attached hydrogens (tertiary/aromatic N) is 1. The molecule has 0 aliphatic carbocycles. The number of hydrogen-bond acceptors (Lipinski definition) is 4. The van der Waals surface area contributed by atoms with Crippen molar-refractivity contribution in [3.05, 3.63) is 29.3 Å². The Morgan fingerprint density at radius 1 is 1.59 bits per heavy atom. The van der Waals surface area contributed by atoms with Crippen LogP contribution in [-0.4, -0.2) is 43.1 Å². The van der Waals surface area contributed by atoms with Crippen LogP contribution in [-0.2, 0) is 4.79 Å². The number of nitrogens with two attached hydrogens (primary N) is 1. The highest BCUT2D eigenvalue weighted by atomic mass is 35.5. The monoisotopic (exact) mass is 363 g/mol. The molecule has 7 heteroatoms. The van der Waals surface area contributed by atoms with Crippen molar-refractivity contribution < 1.29 is 4.79 Å². The van der Waals surface area contributed by atoms with Crippen LogP contribution in [0.1, 0.15) is 12.8 Å².